The van der Waals surface area contributed by atoms with Gasteiger partial charge in [0.15, 0.2) is 9.84 Å². The van der Waals surface area contributed by atoms with Crippen molar-refractivity contribution >= 4 is 9.84 Å². The number of sulfone groups is 1. The number of piperidine rings is 1. The summed E-state index contributed by atoms with van der Waals surface area (Å²) in [6.45, 7) is 0.600. The van der Waals surface area contributed by atoms with Crippen LogP contribution in [0.5, 0.6) is 0 Å². The molecule has 0 saturated carbocycles. The van der Waals surface area contributed by atoms with Gasteiger partial charge in [-0.15, -0.1) is 0 Å². The van der Waals surface area contributed by atoms with Crippen LogP contribution >= 0.6 is 0 Å². The highest BCUT2D eigenvalue weighted by molar-refractivity contribution is 7.92. The molecule has 1 rings (SSSR count). The Morgan fingerprint density at radius 1 is 1.50 bits per heavy atom. The van der Waals surface area contributed by atoms with Crippen LogP contribution in [0.2, 0.25) is 0 Å². The standard InChI is InChI=1S/C7H14FNO2S/c8-3-5-12(10,11)7-2-1-4-9-6-7/h7,9H,1-6H2. The second-order valence-electron chi connectivity index (χ2n) is 3.02. The van der Waals surface area contributed by atoms with Crippen LogP contribution in [-0.4, -0.2) is 39.2 Å². The molecule has 0 spiro atoms. The van der Waals surface area contributed by atoms with E-state index in [0.29, 0.717) is 13.0 Å². The molecule has 1 saturated heterocycles. The molecule has 1 heterocycles. The van der Waals surface area contributed by atoms with E-state index < -0.39 is 16.5 Å². The number of hydrogen-bond donors (Lipinski definition) is 1. The largest absolute Gasteiger partial charge is 0.315 e. The summed E-state index contributed by atoms with van der Waals surface area (Å²) in [5.74, 6) is -0.320. The zero-order valence-corrected chi connectivity index (χ0v) is 7.74. The SMILES string of the molecule is O=S(=O)(CCF)C1CCCNC1. The zero-order chi connectivity index (χ0) is 9.03. The molecular weight excluding hydrogens is 181 g/mol. The van der Waals surface area contributed by atoms with E-state index in [1.54, 1.807) is 0 Å². The maximum absolute atomic E-state index is 11.8. The van der Waals surface area contributed by atoms with E-state index in [4.69, 9.17) is 0 Å². The average molecular weight is 195 g/mol. The lowest BCUT2D eigenvalue weighted by Gasteiger charge is -2.22. The maximum atomic E-state index is 11.8. The van der Waals surface area contributed by atoms with E-state index >= 15 is 0 Å². The molecule has 72 valence electrons. The molecule has 1 unspecified atom stereocenters. The van der Waals surface area contributed by atoms with Crippen LogP contribution in [0.1, 0.15) is 12.8 Å². The highest BCUT2D eigenvalue weighted by Crippen LogP contribution is 2.12. The number of rotatable bonds is 3. The third kappa shape index (κ3) is 2.42. The van der Waals surface area contributed by atoms with Crippen LogP contribution in [0.3, 0.4) is 0 Å². The zero-order valence-electron chi connectivity index (χ0n) is 6.92. The molecule has 0 aromatic heterocycles. The van der Waals surface area contributed by atoms with Gasteiger partial charge >= 0.3 is 0 Å². The number of halogens is 1. The summed E-state index contributed by atoms with van der Waals surface area (Å²) < 4.78 is 34.5. The molecular formula is C7H14FNO2S. The molecule has 1 N–H and O–H groups in total. The highest BCUT2D eigenvalue weighted by Gasteiger charge is 2.26. The minimum Gasteiger partial charge on any atom is -0.315 e. The predicted molar refractivity (Wildman–Crippen MR) is 45.7 cm³/mol. The van der Waals surface area contributed by atoms with Crippen molar-refractivity contribution in [2.45, 2.75) is 18.1 Å². The van der Waals surface area contributed by atoms with E-state index in [0.717, 1.165) is 13.0 Å². The van der Waals surface area contributed by atoms with Crippen molar-refractivity contribution in [3.63, 3.8) is 0 Å². The second kappa shape index (κ2) is 4.18. The van der Waals surface area contributed by atoms with Gasteiger partial charge in [0.05, 0.1) is 11.0 Å². The van der Waals surface area contributed by atoms with Gasteiger partial charge in [-0.3, -0.25) is 0 Å². The predicted octanol–water partition coefficient (Wildman–Crippen LogP) is 0.123. The fourth-order valence-corrected chi connectivity index (χ4v) is 2.85. The molecule has 0 aromatic rings. The molecule has 0 amide bonds. The van der Waals surface area contributed by atoms with Crippen LogP contribution < -0.4 is 5.32 Å². The average Bonchev–Trinajstić information content (AvgIpc) is 2.06. The van der Waals surface area contributed by atoms with Crippen molar-refractivity contribution in [3.05, 3.63) is 0 Å². The van der Waals surface area contributed by atoms with Crippen LogP contribution in [0.4, 0.5) is 4.39 Å². The lowest BCUT2D eigenvalue weighted by Crippen LogP contribution is -2.40. The Kier molecular flexibility index (Phi) is 3.46. The first-order valence-corrected chi connectivity index (χ1v) is 5.86. The quantitative estimate of drug-likeness (QED) is 0.696. The van der Waals surface area contributed by atoms with Gasteiger partial charge < -0.3 is 5.32 Å². The number of hydrogen-bond acceptors (Lipinski definition) is 3. The first-order valence-electron chi connectivity index (χ1n) is 4.15. The summed E-state index contributed by atoms with van der Waals surface area (Å²) >= 11 is 0. The third-order valence-electron chi connectivity index (χ3n) is 2.12. The Balaban J connectivity index is 2.54. The topological polar surface area (TPSA) is 46.2 Å². The molecule has 3 nitrogen and oxygen atoms in total. The van der Waals surface area contributed by atoms with Crippen molar-refractivity contribution in [1.82, 2.24) is 5.32 Å². The molecule has 1 fully saturated rings. The molecule has 1 atom stereocenters. The summed E-state index contributed by atoms with van der Waals surface area (Å²) in [4.78, 5) is 0. The van der Waals surface area contributed by atoms with E-state index in [1.165, 1.54) is 0 Å². The van der Waals surface area contributed by atoms with Crippen molar-refractivity contribution in [1.29, 1.82) is 0 Å². The molecule has 0 aliphatic carbocycles. The Morgan fingerprint density at radius 2 is 2.25 bits per heavy atom. The number of alkyl halides is 1. The van der Waals surface area contributed by atoms with Gasteiger partial charge in [0.2, 0.25) is 0 Å². The van der Waals surface area contributed by atoms with Gasteiger partial charge in [0.25, 0.3) is 0 Å². The third-order valence-corrected chi connectivity index (χ3v) is 4.26. The smallest absolute Gasteiger partial charge is 0.156 e. The summed E-state index contributed by atoms with van der Waals surface area (Å²) in [6, 6.07) is 0. The first kappa shape index (κ1) is 9.92. The molecule has 1 aliphatic heterocycles. The van der Waals surface area contributed by atoms with E-state index in [2.05, 4.69) is 5.32 Å². The summed E-state index contributed by atoms with van der Waals surface area (Å²) in [5, 5.41) is 2.64. The van der Waals surface area contributed by atoms with Gasteiger partial charge in [0, 0.05) is 6.54 Å². The van der Waals surface area contributed by atoms with Gasteiger partial charge in [-0.2, -0.15) is 0 Å². The van der Waals surface area contributed by atoms with Crippen molar-refractivity contribution in [2.75, 3.05) is 25.5 Å². The van der Waals surface area contributed by atoms with Crippen molar-refractivity contribution in [2.24, 2.45) is 0 Å². The molecule has 1 aliphatic rings. The second-order valence-corrected chi connectivity index (χ2v) is 5.42. The van der Waals surface area contributed by atoms with Crippen LogP contribution in [0.25, 0.3) is 0 Å². The monoisotopic (exact) mass is 195 g/mol. The lowest BCUT2D eigenvalue weighted by molar-refractivity contribution is 0.482. The van der Waals surface area contributed by atoms with E-state index in [1.807, 2.05) is 0 Å². The first-order chi connectivity index (χ1) is 5.67. The van der Waals surface area contributed by atoms with Gasteiger partial charge in [-0.05, 0) is 19.4 Å². The Labute approximate surface area is 72.3 Å². The fraction of sp³-hybridized carbons (Fsp3) is 1.00. The van der Waals surface area contributed by atoms with Gasteiger partial charge in [0.1, 0.15) is 6.67 Å². The molecule has 5 heteroatoms. The Morgan fingerprint density at radius 3 is 2.75 bits per heavy atom. The van der Waals surface area contributed by atoms with Crippen LogP contribution in [0, 0.1) is 0 Å². The Bertz CT molecular complexity index is 222. The van der Waals surface area contributed by atoms with Gasteiger partial charge in [-0.1, -0.05) is 0 Å². The summed E-state index contributed by atoms with van der Waals surface area (Å²) in [7, 11) is -3.17. The summed E-state index contributed by atoms with van der Waals surface area (Å²) in [6.07, 6.45) is 1.55. The van der Waals surface area contributed by atoms with Crippen molar-refractivity contribution in [3.8, 4) is 0 Å². The summed E-state index contributed by atoms with van der Waals surface area (Å²) in [5.41, 5.74) is 0. The lowest BCUT2D eigenvalue weighted by atomic mass is 10.2. The highest BCUT2D eigenvalue weighted by atomic mass is 32.2. The normalized spacial score (nSPS) is 25.6. The van der Waals surface area contributed by atoms with Crippen LogP contribution in [-0.2, 0) is 9.84 Å². The van der Waals surface area contributed by atoms with Crippen LogP contribution in [0.15, 0.2) is 0 Å². The minimum absolute atomic E-state index is 0.320. The molecule has 0 radical (unpaired) electrons. The molecule has 12 heavy (non-hydrogen) atoms. The minimum atomic E-state index is -3.17. The van der Waals surface area contributed by atoms with Gasteiger partial charge in [-0.25, -0.2) is 12.8 Å². The van der Waals surface area contributed by atoms with E-state index in [9.17, 15) is 12.8 Å². The van der Waals surface area contributed by atoms with E-state index in [-0.39, 0.29) is 11.0 Å². The fourth-order valence-electron chi connectivity index (χ4n) is 1.40. The Hall–Kier alpha value is -0.160. The molecule has 0 bridgehead atoms. The van der Waals surface area contributed by atoms with Crippen molar-refractivity contribution < 1.29 is 12.8 Å². The number of nitrogens with one attached hydrogen (secondary N) is 1. The maximum Gasteiger partial charge on any atom is 0.156 e. The molecule has 0 aromatic carbocycles.